The van der Waals surface area contributed by atoms with Gasteiger partial charge < -0.3 is 14.6 Å². The third-order valence-electron chi connectivity index (χ3n) is 5.01. The van der Waals surface area contributed by atoms with E-state index in [1.807, 2.05) is 6.07 Å². The van der Waals surface area contributed by atoms with Gasteiger partial charge in [0.25, 0.3) is 11.6 Å². The Kier molecular flexibility index (Phi) is 7.62. The second-order valence-corrected chi connectivity index (χ2v) is 9.03. The maximum atomic E-state index is 13.1. The Labute approximate surface area is 215 Å². The maximum absolute atomic E-state index is 13.1. The molecule has 0 unspecified atom stereocenters. The van der Waals surface area contributed by atoms with E-state index in [2.05, 4.69) is 0 Å². The summed E-state index contributed by atoms with van der Waals surface area (Å²) in [6, 6.07) is 18.9. The van der Waals surface area contributed by atoms with E-state index < -0.39 is 10.9 Å². The third-order valence-corrected chi connectivity index (χ3v) is 6.31. The lowest BCUT2D eigenvalue weighted by Gasteiger charge is -2.15. The maximum Gasteiger partial charge on any atom is 0.335 e. The Bertz CT molecular complexity index is 1370. The van der Waals surface area contributed by atoms with Gasteiger partial charge in [-0.05, 0) is 42.5 Å². The molecule has 1 saturated heterocycles. The molecule has 0 aliphatic carbocycles. The SMILES string of the molecule is O=C(O)c1cccc(N2C(=O)/C(=C\c3ccccc3OCCOc3ccc([N+](=O)[O-])cc3)SC2=S)c1. The van der Waals surface area contributed by atoms with Crippen molar-refractivity contribution in [2.24, 2.45) is 0 Å². The summed E-state index contributed by atoms with van der Waals surface area (Å²) in [4.78, 5) is 36.3. The van der Waals surface area contributed by atoms with Crippen molar-refractivity contribution in [2.75, 3.05) is 18.1 Å². The van der Waals surface area contributed by atoms with Crippen molar-refractivity contribution in [3.63, 3.8) is 0 Å². The van der Waals surface area contributed by atoms with Crippen LogP contribution in [0.2, 0.25) is 0 Å². The number of nitro groups is 1. The van der Waals surface area contributed by atoms with Crippen LogP contribution in [0.1, 0.15) is 15.9 Å². The van der Waals surface area contributed by atoms with Crippen LogP contribution >= 0.6 is 24.0 Å². The molecule has 1 aliphatic rings. The predicted octanol–water partition coefficient (Wildman–Crippen LogP) is 5.16. The van der Waals surface area contributed by atoms with Gasteiger partial charge in [-0.25, -0.2) is 4.79 Å². The molecular formula is C25H18N2O7S2. The lowest BCUT2D eigenvalue weighted by Crippen LogP contribution is -2.27. The number of anilines is 1. The first-order valence-electron chi connectivity index (χ1n) is 10.5. The average molecular weight is 523 g/mol. The number of nitro benzene ring substituents is 1. The van der Waals surface area contributed by atoms with Crippen LogP contribution in [0.5, 0.6) is 11.5 Å². The number of hydrogen-bond acceptors (Lipinski definition) is 8. The number of carbonyl (C=O) groups is 2. The number of ether oxygens (including phenoxy) is 2. The highest BCUT2D eigenvalue weighted by atomic mass is 32.2. The number of para-hydroxylation sites is 1. The number of thiocarbonyl (C=S) groups is 1. The van der Waals surface area contributed by atoms with Gasteiger partial charge in [-0.3, -0.25) is 19.8 Å². The quantitative estimate of drug-likeness (QED) is 0.134. The van der Waals surface area contributed by atoms with E-state index in [0.29, 0.717) is 32.0 Å². The fraction of sp³-hybridized carbons (Fsp3) is 0.0800. The van der Waals surface area contributed by atoms with Gasteiger partial charge in [0.2, 0.25) is 0 Å². The van der Waals surface area contributed by atoms with Crippen molar-refractivity contribution in [1.82, 2.24) is 0 Å². The van der Waals surface area contributed by atoms with Crippen LogP contribution in [0.25, 0.3) is 6.08 Å². The number of nitrogens with zero attached hydrogens (tertiary/aromatic N) is 2. The minimum Gasteiger partial charge on any atom is -0.490 e. The first-order valence-corrected chi connectivity index (χ1v) is 11.8. The summed E-state index contributed by atoms with van der Waals surface area (Å²) in [5, 5.41) is 20.0. The molecule has 0 bridgehead atoms. The van der Waals surface area contributed by atoms with Crippen LogP contribution in [0.3, 0.4) is 0 Å². The molecule has 1 N–H and O–H groups in total. The second kappa shape index (κ2) is 11.0. The number of rotatable bonds is 9. The van der Waals surface area contributed by atoms with Crippen molar-refractivity contribution >= 4 is 57.6 Å². The fourth-order valence-electron chi connectivity index (χ4n) is 3.32. The summed E-state index contributed by atoms with van der Waals surface area (Å²) in [5.74, 6) is -0.443. The van der Waals surface area contributed by atoms with Crippen molar-refractivity contribution in [1.29, 1.82) is 0 Å². The molecule has 0 saturated carbocycles. The molecule has 9 nitrogen and oxygen atoms in total. The summed E-state index contributed by atoms with van der Waals surface area (Å²) in [7, 11) is 0. The number of carboxylic acid groups (broad SMARTS) is 1. The largest absolute Gasteiger partial charge is 0.490 e. The zero-order valence-corrected chi connectivity index (χ0v) is 20.2. The van der Waals surface area contributed by atoms with Crippen LogP contribution in [0.4, 0.5) is 11.4 Å². The molecule has 36 heavy (non-hydrogen) atoms. The number of carboxylic acids is 1. The van der Waals surface area contributed by atoms with Crippen LogP contribution in [0, 0.1) is 10.1 Å². The molecule has 1 fully saturated rings. The first-order chi connectivity index (χ1) is 17.3. The highest BCUT2D eigenvalue weighted by Crippen LogP contribution is 2.37. The number of benzene rings is 3. The molecule has 1 heterocycles. The lowest BCUT2D eigenvalue weighted by atomic mass is 10.1. The monoisotopic (exact) mass is 522 g/mol. The summed E-state index contributed by atoms with van der Waals surface area (Å²) in [6.45, 7) is 0.402. The Morgan fingerprint density at radius 2 is 1.78 bits per heavy atom. The zero-order valence-electron chi connectivity index (χ0n) is 18.5. The molecule has 1 aliphatic heterocycles. The number of aromatic carboxylic acids is 1. The van der Waals surface area contributed by atoms with Crippen molar-refractivity contribution in [3.05, 3.63) is 98.9 Å². The Morgan fingerprint density at radius 1 is 1.06 bits per heavy atom. The van der Waals surface area contributed by atoms with Crippen LogP contribution in [-0.2, 0) is 4.79 Å². The standard InChI is InChI=1S/C25H18N2O7S2/c28-23-22(36-25(35)26(23)19-6-3-5-17(14-19)24(29)30)15-16-4-1-2-7-21(16)34-13-12-33-20-10-8-18(9-11-20)27(31)32/h1-11,14-15H,12-13H2,(H,29,30)/b22-15+. The molecule has 3 aromatic rings. The zero-order chi connectivity index (χ0) is 25.7. The van der Waals surface area contributed by atoms with Crippen molar-refractivity contribution < 1.29 is 29.1 Å². The normalized spacial score (nSPS) is 14.2. The fourth-order valence-corrected chi connectivity index (χ4v) is 4.61. The van der Waals surface area contributed by atoms with Gasteiger partial charge in [-0.15, -0.1) is 0 Å². The van der Waals surface area contributed by atoms with Gasteiger partial charge in [0.15, 0.2) is 4.32 Å². The van der Waals surface area contributed by atoms with E-state index in [4.69, 9.17) is 21.7 Å². The topological polar surface area (TPSA) is 119 Å². The molecule has 182 valence electrons. The van der Waals surface area contributed by atoms with Gasteiger partial charge in [0.1, 0.15) is 24.7 Å². The van der Waals surface area contributed by atoms with Gasteiger partial charge in [0, 0.05) is 17.7 Å². The molecule has 0 aromatic heterocycles. The lowest BCUT2D eigenvalue weighted by molar-refractivity contribution is -0.384. The van der Waals surface area contributed by atoms with Crippen molar-refractivity contribution in [3.8, 4) is 11.5 Å². The van der Waals surface area contributed by atoms with Crippen LogP contribution in [-0.4, -0.2) is 39.4 Å². The van der Waals surface area contributed by atoms with Gasteiger partial charge in [-0.2, -0.15) is 0 Å². The molecule has 1 amide bonds. The third kappa shape index (κ3) is 5.70. The molecule has 0 spiro atoms. The minimum atomic E-state index is -1.10. The molecule has 0 atom stereocenters. The predicted molar refractivity (Wildman–Crippen MR) is 140 cm³/mol. The van der Waals surface area contributed by atoms with Crippen molar-refractivity contribution in [2.45, 2.75) is 0 Å². The summed E-state index contributed by atoms with van der Waals surface area (Å²) < 4.78 is 11.7. The number of thioether (sulfide) groups is 1. The van der Waals surface area contributed by atoms with E-state index in [0.717, 1.165) is 11.8 Å². The first kappa shape index (κ1) is 24.9. The Hall–Kier alpha value is -4.22. The molecule has 4 rings (SSSR count). The smallest absolute Gasteiger partial charge is 0.335 e. The van der Waals surface area contributed by atoms with Crippen LogP contribution < -0.4 is 14.4 Å². The van der Waals surface area contributed by atoms with Gasteiger partial charge in [0.05, 0.1) is 21.1 Å². The Morgan fingerprint density at radius 3 is 2.50 bits per heavy atom. The molecular weight excluding hydrogens is 504 g/mol. The van der Waals surface area contributed by atoms with E-state index in [1.54, 1.807) is 36.4 Å². The highest BCUT2D eigenvalue weighted by molar-refractivity contribution is 8.27. The van der Waals surface area contributed by atoms with Crippen LogP contribution in [0.15, 0.2) is 77.7 Å². The summed E-state index contributed by atoms with van der Waals surface area (Å²) in [5.41, 5.74) is 1.08. The van der Waals surface area contributed by atoms with Gasteiger partial charge >= 0.3 is 5.97 Å². The second-order valence-electron chi connectivity index (χ2n) is 7.36. The minimum absolute atomic E-state index is 0.0208. The molecule has 3 aromatic carbocycles. The van der Waals surface area contributed by atoms with E-state index in [9.17, 15) is 24.8 Å². The van der Waals surface area contributed by atoms with E-state index in [1.165, 1.54) is 41.3 Å². The van der Waals surface area contributed by atoms with E-state index in [-0.39, 0.29) is 30.4 Å². The number of carbonyl (C=O) groups excluding carboxylic acids is 1. The number of non-ortho nitro benzene ring substituents is 1. The van der Waals surface area contributed by atoms with E-state index >= 15 is 0 Å². The number of hydrogen-bond donors (Lipinski definition) is 1. The summed E-state index contributed by atoms with van der Waals surface area (Å²) >= 11 is 6.50. The Balaban J connectivity index is 1.43. The molecule has 11 heteroatoms. The average Bonchev–Trinajstić information content (AvgIpc) is 3.15. The summed E-state index contributed by atoms with van der Waals surface area (Å²) in [6.07, 6.45) is 1.67. The van der Waals surface area contributed by atoms with Gasteiger partial charge in [-0.1, -0.05) is 48.2 Å². The molecule has 0 radical (unpaired) electrons. The number of amides is 1. The highest BCUT2D eigenvalue weighted by Gasteiger charge is 2.33.